The summed E-state index contributed by atoms with van der Waals surface area (Å²) < 4.78 is 1.19. The molecule has 1 aliphatic rings. The van der Waals surface area contributed by atoms with Gasteiger partial charge >= 0.3 is 0 Å². The molecule has 2 heterocycles. The van der Waals surface area contributed by atoms with E-state index in [2.05, 4.69) is 33.7 Å². The third-order valence-electron chi connectivity index (χ3n) is 3.52. The Morgan fingerprint density at radius 1 is 1.35 bits per heavy atom. The van der Waals surface area contributed by atoms with E-state index in [4.69, 9.17) is 0 Å². The molecule has 0 amide bonds. The molecule has 2 atom stereocenters. The molecule has 90 valence electrons. The van der Waals surface area contributed by atoms with E-state index in [0.717, 1.165) is 17.3 Å². The number of nitrogens with one attached hydrogen (secondary N) is 1. The van der Waals surface area contributed by atoms with E-state index in [0.29, 0.717) is 6.04 Å². The Labute approximate surface area is 105 Å². The van der Waals surface area contributed by atoms with Crippen molar-refractivity contribution in [3.8, 4) is 0 Å². The molecular formula is C13H17N3S. The van der Waals surface area contributed by atoms with Crippen LogP contribution in [-0.2, 0) is 0 Å². The van der Waals surface area contributed by atoms with Gasteiger partial charge in [0.15, 0.2) is 0 Å². The average molecular weight is 247 g/mol. The number of hydrogen-bond acceptors (Lipinski definition) is 4. The molecular weight excluding hydrogens is 230 g/mol. The molecule has 2 aromatic heterocycles. The van der Waals surface area contributed by atoms with Gasteiger partial charge in [-0.1, -0.05) is 19.8 Å². The monoisotopic (exact) mass is 247 g/mol. The van der Waals surface area contributed by atoms with Crippen LogP contribution < -0.4 is 5.32 Å². The zero-order chi connectivity index (χ0) is 11.7. The first-order chi connectivity index (χ1) is 8.33. The fourth-order valence-corrected chi connectivity index (χ4v) is 3.45. The fourth-order valence-electron chi connectivity index (χ4n) is 2.65. The first-order valence-corrected chi connectivity index (χ1v) is 7.15. The Morgan fingerprint density at radius 2 is 2.29 bits per heavy atom. The van der Waals surface area contributed by atoms with Crippen molar-refractivity contribution in [3.05, 3.63) is 17.8 Å². The Morgan fingerprint density at radius 3 is 3.18 bits per heavy atom. The summed E-state index contributed by atoms with van der Waals surface area (Å²) in [5.41, 5.74) is 1.05. The number of nitrogens with zero attached hydrogens (tertiary/aromatic N) is 2. The standard InChI is InChI=1S/C13H17N3S/c1-9-3-2-4-10(7-9)16-13-12-11(5-6-17-12)14-8-15-13/h5-6,8-10H,2-4,7H2,1H3,(H,14,15,16). The van der Waals surface area contributed by atoms with Gasteiger partial charge in [0.25, 0.3) is 0 Å². The highest BCUT2D eigenvalue weighted by molar-refractivity contribution is 7.17. The number of aromatic nitrogens is 2. The van der Waals surface area contributed by atoms with Gasteiger partial charge < -0.3 is 5.32 Å². The summed E-state index contributed by atoms with van der Waals surface area (Å²) in [5.74, 6) is 1.85. The highest BCUT2D eigenvalue weighted by Gasteiger charge is 2.19. The summed E-state index contributed by atoms with van der Waals surface area (Å²) in [5, 5.41) is 5.68. The van der Waals surface area contributed by atoms with Crippen molar-refractivity contribution in [2.24, 2.45) is 5.92 Å². The van der Waals surface area contributed by atoms with Gasteiger partial charge in [0.1, 0.15) is 12.1 Å². The minimum atomic E-state index is 0.582. The quantitative estimate of drug-likeness (QED) is 0.879. The second-order valence-corrected chi connectivity index (χ2v) is 5.89. The largest absolute Gasteiger partial charge is 0.366 e. The number of rotatable bonds is 2. The van der Waals surface area contributed by atoms with Crippen LogP contribution in [-0.4, -0.2) is 16.0 Å². The smallest absolute Gasteiger partial charge is 0.147 e. The van der Waals surface area contributed by atoms with Crippen LogP contribution in [0, 0.1) is 5.92 Å². The maximum absolute atomic E-state index is 4.39. The summed E-state index contributed by atoms with van der Waals surface area (Å²) in [6, 6.07) is 2.63. The van der Waals surface area contributed by atoms with Crippen LogP contribution in [0.3, 0.4) is 0 Å². The third kappa shape index (κ3) is 2.27. The molecule has 0 bridgehead atoms. The van der Waals surface area contributed by atoms with E-state index in [1.807, 2.05) is 0 Å². The molecule has 0 aliphatic heterocycles. The predicted octanol–water partition coefficient (Wildman–Crippen LogP) is 3.68. The first kappa shape index (κ1) is 11.0. The molecule has 1 fully saturated rings. The van der Waals surface area contributed by atoms with E-state index >= 15 is 0 Å². The summed E-state index contributed by atoms with van der Waals surface area (Å²) in [6.07, 6.45) is 6.88. The molecule has 2 aromatic rings. The van der Waals surface area contributed by atoms with Crippen molar-refractivity contribution < 1.29 is 0 Å². The lowest BCUT2D eigenvalue weighted by Gasteiger charge is -2.27. The minimum Gasteiger partial charge on any atom is -0.366 e. The molecule has 3 rings (SSSR count). The van der Waals surface area contributed by atoms with E-state index in [-0.39, 0.29) is 0 Å². The topological polar surface area (TPSA) is 37.8 Å². The van der Waals surface area contributed by atoms with Crippen LogP contribution in [0.25, 0.3) is 10.2 Å². The molecule has 17 heavy (non-hydrogen) atoms. The molecule has 4 heteroatoms. The van der Waals surface area contributed by atoms with Gasteiger partial charge in [0.2, 0.25) is 0 Å². The molecule has 0 spiro atoms. The summed E-state index contributed by atoms with van der Waals surface area (Å²) in [7, 11) is 0. The Kier molecular flexibility index (Phi) is 2.97. The second-order valence-electron chi connectivity index (χ2n) is 4.97. The van der Waals surface area contributed by atoms with Gasteiger partial charge in [-0.15, -0.1) is 11.3 Å². The van der Waals surface area contributed by atoms with Crippen LogP contribution in [0.5, 0.6) is 0 Å². The van der Waals surface area contributed by atoms with Gasteiger partial charge in [0, 0.05) is 6.04 Å². The van der Waals surface area contributed by atoms with Crippen molar-refractivity contribution in [1.29, 1.82) is 0 Å². The molecule has 1 N–H and O–H groups in total. The van der Waals surface area contributed by atoms with Crippen LogP contribution in [0.15, 0.2) is 17.8 Å². The Balaban J connectivity index is 1.82. The average Bonchev–Trinajstić information content (AvgIpc) is 2.78. The van der Waals surface area contributed by atoms with Crippen molar-refractivity contribution in [2.45, 2.75) is 38.6 Å². The van der Waals surface area contributed by atoms with Gasteiger partial charge in [0.05, 0.1) is 10.2 Å². The lowest BCUT2D eigenvalue weighted by atomic mass is 9.87. The van der Waals surface area contributed by atoms with Gasteiger partial charge in [-0.25, -0.2) is 9.97 Å². The second kappa shape index (κ2) is 4.61. The lowest BCUT2D eigenvalue weighted by Crippen LogP contribution is -2.26. The number of fused-ring (bicyclic) bond motifs is 1. The maximum Gasteiger partial charge on any atom is 0.147 e. The summed E-state index contributed by atoms with van der Waals surface area (Å²) >= 11 is 1.72. The van der Waals surface area contributed by atoms with Crippen LogP contribution in [0.1, 0.15) is 32.6 Å². The fraction of sp³-hybridized carbons (Fsp3) is 0.538. The molecule has 1 aliphatic carbocycles. The highest BCUT2D eigenvalue weighted by Crippen LogP contribution is 2.29. The molecule has 2 unspecified atom stereocenters. The zero-order valence-corrected chi connectivity index (χ0v) is 10.8. The third-order valence-corrected chi connectivity index (χ3v) is 4.43. The van der Waals surface area contributed by atoms with Gasteiger partial charge in [-0.3, -0.25) is 0 Å². The maximum atomic E-state index is 4.39. The SMILES string of the molecule is CC1CCCC(Nc2ncnc3ccsc23)C1. The van der Waals surface area contributed by atoms with E-state index in [1.54, 1.807) is 17.7 Å². The first-order valence-electron chi connectivity index (χ1n) is 6.27. The Bertz CT molecular complexity index is 508. The summed E-state index contributed by atoms with van der Waals surface area (Å²) in [4.78, 5) is 8.66. The summed E-state index contributed by atoms with van der Waals surface area (Å²) in [6.45, 7) is 2.34. The van der Waals surface area contributed by atoms with Crippen molar-refractivity contribution in [1.82, 2.24) is 9.97 Å². The van der Waals surface area contributed by atoms with Crippen LogP contribution in [0.2, 0.25) is 0 Å². The van der Waals surface area contributed by atoms with Crippen LogP contribution >= 0.6 is 11.3 Å². The van der Waals surface area contributed by atoms with Crippen molar-refractivity contribution in [2.75, 3.05) is 5.32 Å². The van der Waals surface area contributed by atoms with Crippen LogP contribution in [0.4, 0.5) is 5.82 Å². The molecule has 0 saturated heterocycles. The predicted molar refractivity (Wildman–Crippen MR) is 72.5 cm³/mol. The number of thiophene rings is 1. The highest BCUT2D eigenvalue weighted by atomic mass is 32.1. The molecule has 0 radical (unpaired) electrons. The van der Waals surface area contributed by atoms with Crippen molar-refractivity contribution in [3.63, 3.8) is 0 Å². The van der Waals surface area contributed by atoms with Crippen molar-refractivity contribution >= 4 is 27.4 Å². The van der Waals surface area contributed by atoms with Gasteiger partial charge in [-0.2, -0.15) is 0 Å². The van der Waals surface area contributed by atoms with Gasteiger partial charge in [-0.05, 0) is 30.2 Å². The van der Waals surface area contributed by atoms with E-state index in [1.165, 1.54) is 30.4 Å². The normalized spacial score (nSPS) is 25.0. The number of anilines is 1. The molecule has 0 aromatic carbocycles. The minimum absolute atomic E-state index is 0.582. The zero-order valence-electron chi connectivity index (χ0n) is 10.0. The van der Waals surface area contributed by atoms with E-state index in [9.17, 15) is 0 Å². The van der Waals surface area contributed by atoms with E-state index < -0.39 is 0 Å². The number of hydrogen-bond donors (Lipinski definition) is 1. The molecule has 1 saturated carbocycles. The lowest BCUT2D eigenvalue weighted by molar-refractivity contribution is 0.358. The molecule has 3 nitrogen and oxygen atoms in total. The Hall–Kier alpha value is -1.16.